The molecule has 9 nitrogen and oxygen atoms in total. The highest BCUT2D eigenvalue weighted by molar-refractivity contribution is 5.99. The number of hydrogen-bond acceptors (Lipinski definition) is 5. The Kier molecular flexibility index (Phi) is 7.08. The third kappa shape index (κ3) is 5.24. The van der Waals surface area contributed by atoms with E-state index in [0.717, 1.165) is 31.6 Å². The summed E-state index contributed by atoms with van der Waals surface area (Å²) in [6.45, 7) is 9.51. The van der Waals surface area contributed by atoms with Crippen LogP contribution in [0.1, 0.15) is 46.8 Å². The van der Waals surface area contributed by atoms with Crippen LogP contribution in [0.5, 0.6) is 0 Å². The summed E-state index contributed by atoms with van der Waals surface area (Å²) < 4.78 is 1.61. The topological polar surface area (TPSA) is 90.8 Å². The smallest absolute Gasteiger partial charge is 0.272 e. The second-order valence-corrected chi connectivity index (χ2v) is 8.66. The molecule has 0 spiro atoms. The van der Waals surface area contributed by atoms with Crippen molar-refractivity contribution in [1.82, 2.24) is 29.8 Å². The minimum Gasteiger partial charge on any atom is -0.339 e. The number of fused-ring (bicyclic) bond motifs is 1. The largest absolute Gasteiger partial charge is 0.339 e. The lowest BCUT2D eigenvalue weighted by molar-refractivity contribution is -0.134. The maximum absolute atomic E-state index is 13.1. The number of nitrogens with zero attached hydrogens (tertiary/aromatic N) is 5. The third-order valence-corrected chi connectivity index (χ3v) is 6.38. The summed E-state index contributed by atoms with van der Waals surface area (Å²) in [6.07, 6.45) is 0.757. The summed E-state index contributed by atoms with van der Waals surface area (Å²) >= 11 is 0. The van der Waals surface area contributed by atoms with Crippen LogP contribution in [0.4, 0.5) is 0 Å². The van der Waals surface area contributed by atoms with E-state index in [4.69, 9.17) is 0 Å². The number of carbonyl (C=O) groups excluding carboxylic acids is 3. The van der Waals surface area contributed by atoms with Crippen molar-refractivity contribution in [3.8, 4) is 0 Å². The van der Waals surface area contributed by atoms with Gasteiger partial charge >= 0.3 is 0 Å². The molecule has 1 aromatic carbocycles. The van der Waals surface area contributed by atoms with E-state index in [1.165, 1.54) is 6.07 Å². The van der Waals surface area contributed by atoms with Crippen LogP contribution in [0.25, 0.3) is 0 Å². The fourth-order valence-corrected chi connectivity index (χ4v) is 4.39. The van der Waals surface area contributed by atoms with Crippen LogP contribution in [0.15, 0.2) is 36.4 Å². The fourth-order valence-electron chi connectivity index (χ4n) is 4.39. The molecule has 0 bridgehead atoms. The monoisotopic (exact) mass is 452 g/mol. The molecule has 4 rings (SSSR count). The molecule has 1 atom stereocenters. The van der Waals surface area contributed by atoms with Crippen molar-refractivity contribution in [3.63, 3.8) is 0 Å². The quantitative estimate of drug-likeness (QED) is 0.712. The van der Waals surface area contributed by atoms with Gasteiger partial charge in [-0.2, -0.15) is 5.10 Å². The highest BCUT2D eigenvalue weighted by Crippen LogP contribution is 2.17. The number of aromatic nitrogens is 2. The zero-order valence-electron chi connectivity index (χ0n) is 19.4. The number of nitrogens with one attached hydrogen (secondary N) is 1. The van der Waals surface area contributed by atoms with Crippen molar-refractivity contribution < 1.29 is 14.4 Å². The summed E-state index contributed by atoms with van der Waals surface area (Å²) in [5.41, 5.74) is 1.63. The molecule has 176 valence electrons. The van der Waals surface area contributed by atoms with Crippen molar-refractivity contribution in [2.24, 2.45) is 0 Å². The predicted octanol–water partition coefficient (Wildman–Crippen LogP) is 1.21. The molecule has 1 fully saturated rings. The van der Waals surface area contributed by atoms with Gasteiger partial charge in [-0.25, -0.2) is 0 Å². The summed E-state index contributed by atoms with van der Waals surface area (Å²) in [6, 6.07) is 10.7. The van der Waals surface area contributed by atoms with E-state index in [1.54, 1.807) is 21.4 Å². The van der Waals surface area contributed by atoms with E-state index in [-0.39, 0.29) is 17.5 Å². The van der Waals surface area contributed by atoms with Crippen molar-refractivity contribution in [3.05, 3.63) is 53.3 Å². The molecule has 1 saturated heterocycles. The second kappa shape index (κ2) is 10.2. The summed E-state index contributed by atoms with van der Waals surface area (Å²) in [7, 11) is 0. The molecule has 0 saturated carbocycles. The third-order valence-electron chi connectivity index (χ3n) is 6.38. The second-order valence-electron chi connectivity index (χ2n) is 8.66. The molecule has 9 heteroatoms. The number of piperazine rings is 1. The zero-order chi connectivity index (χ0) is 23.4. The van der Waals surface area contributed by atoms with E-state index >= 15 is 0 Å². The fraction of sp³-hybridized carbons (Fsp3) is 0.500. The van der Waals surface area contributed by atoms with Crippen LogP contribution in [0, 0.1) is 0 Å². The Balaban J connectivity index is 1.40. The van der Waals surface area contributed by atoms with Gasteiger partial charge < -0.3 is 20.0 Å². The number of benzene rings is 1. The number of likely N-dealkylation sites (N-methyl/N-ethyl adjacent to an activating group) is 1. The normalized spacial score (nSPS) is 17.9. The van der Waals surface area contributed by atoms with E-state index < -0.39 is 11.9 Å². The van der Waals surface area contributed by atoms with Crippen molar-refractivity contribution in [1.29, 1.82) is 0 Å². The van der Waals surface area contributed by atoms with Crippen molar-refractivity contribution >= 4 is 17.7 Å². The van der Waals surface area contributed by atoms with Gasteiger partial charge in [0.15, 0.2) is 5.69 Å². The number of amides is 3. The molecule has 33 heavy (non-hydrogen) atoms. The minimum absolute atomic E-state index is 0.0926. The maximum Gasteiger partial charge on any atom is 0.272 e. The molecule has 2 aromatic rings. The van der Waals surface area contributed by atoms with Crippen molar-refractivity contribution in [2.75, 3.05) is 39.3 Å². The number of hydrogen-bond donors (Lipinski definition) is 1. The van der Waals surface area contributed by atoms with Crippen LogP contribution < -0.4 is 5.32 Å². The standard InChI is InChI=1S/C24H32N6O3/c1-3-27-12-14-28(15-13-27)23(32)18(2)25-22(31)20-16-21-24(33)29(10-7-11-30(21)26-20)17-19-8-5-4-6-9-19/h4-6,8-9,16,18H,3,7,10-15,17H2,1-2H3,(H,25,31)/t18-/m0/s1. The summed E-state index contributed by atoms with van der Waals surface area (Å²) in [5, 5.41) is 7.14. The van der Waals surface area contributed by atoms with E-state index in [9.17, 15) is 14.4 Å². The lowest BCUT2D eigenvalue weighted by Gasteiger charge is -2.35. The maximum atomic E-state index is 13.1. The first-order chi connectivity index (χ1) is 16.0. The number of carbonyl (C=O) groups is 3. The molecule has 2 aliphatic heterocycles. The molecule has 2 aliphatic rings. The Morgan fingerprint density at radius 1 is 1.06 bits per heavy atom. The molecular formula is C24H32N6O3. The lowest BCUT2D eigenvalue weighted by Crippen LogP contribution is -2.54. The molecule has 1 N–H and O–H groups in total. The van der Waals surface area contributed by atoms with Crippen LogP contribution >= 0.6 is 0 Å². The SMILES string of the molecule is CCN1CCN(C(=O)[C@H](C)NC(=O)c2cc3n(n2)CCCN(Cc2ccccc2)C3=O)CC1. The van der Waals surface area contributed by atoms with Gasteiger partial charge in [0.1, 0.15) is 11.7 Å². The Morgan fingerprint density at radius 3 is 2.48 bits per heavy atom. The predicted molar refractivity (Wildman–Crippen MR) is 124 cm³/mol. The van der Waals surface area contributed by atoms with Crippen LogP contribution in [0.3, 0.4) is 0 Å². The van der Waals surface area contributed by atoms with Crippen molar-refractivity contribution in [2.45, 2.75) is 39.4 Å². The van der Waals surface area contributed by atoms with Crippen LogP contribution in [-0.4, -0.2) is 87.5 Å². The molecule has 1 aromatic heterocycles. The Morgan fingerprint density at radius 2 is 1.79 bits per heavy atom. The molecular weight excluding hydrogens is 420 g/mol. The van der Waals surface area contributed by atoms with Crippen LogP contribution in [-0.2, 0) is 17.9 Å². The van der Waals surface area contributed by atoms with Gasteiger partial charge in [0.2, 0.25) is 5.91 Å². The first-order valence-corrected chi connectivity index (χ1v) is 11.7. The van der Waals surface area contributed by atoms with E-state index in [1.807, 2.05) is 30.3 Å². The Labute approximate surface area is 194 Å². The lowest BCUT2D eigenvalue weighted by atomic mass is 10.2. The van der Waals surface area contributed by atoms with Gasteiger partial charge in [-0.05, 0) is 25.5 Å². The molecule has 0 radical (unpaired) electrons. The van der Waals surface area contributed by atoms with Crippen LogP contribution in [0.2, 0.25) is 0 Å². The Hall–Kier alpha value is -3.20. The van der Waals surface area contributed by atoms with Gasteiger partial charge in [0.25, 0.3) is 11.8 Å². The highest BCUT2D eigenvalue weighted by Gasteiger charge is 2.29. The average Bonchev–Trinajstić information content (AvgIpc) is 3.21. The van der Waals surface area contributed by atoms with Gasteiger partial charge in [0, 0.05) is 51.9 Å². The molecule has 0 unspecified atom stereocenters. The summed E-state index contributed by atoms with van der Waals surface area (Å²) in [4.78, 5) is 44.6. The van der Waals surface area contributed by atoms with Gasteiger partial charge in [-0.1, -0.05) is 37.3 Å². The molecule has 0 aliphatic carbocycles. The Bertz CT molecular complexity index is 997. The first kappa shape index (κ1) is 23.0. The number of aryl methyl sites for hydroxylation is 1. The van der Waals surface area contributed by atoms with E-state index in [0.29, 0.717) is 38.4 Å². The highest BCUT2D eigenvalue weighted by atomic mass is 16.2. The minimum atomic E-state index is -0.655. The van der Waals surface area contributed by atoms with E-state index in [2.05, 4.69) is 22.2 Å². The first-order valence-electron chi connectivity index (χ1n) is 11.7. The number of rotatable bonds is 6. The molecule has 3 heterocycles. The molecule has 3 amide bonds. The average molecular weight is 453 g/mol. The van der Waals surface area contributed by atoms with Gasteiger partial charge in [0.05, 0.1) is 0 Å². The zero-order valence-corrected chi connectivity index (χ0v) is 19.4. The van der Waals surface area contributed by atoms with Gasteiger partial charge in [-0.15, -0.1) is 0 Å². The summed E-state index contributed by atoms with van der Waals surface area (Å²) in [5.74, 6) is -0.670. The van der Waals surface area contributed by atoms with Gasteiger partial charge in [-0.3, -0.25) is 19.1 Å².